The largest absolute Gasteiger partial charge is 0.381 e. The van der Waals surface area contributed by atoms with Gasteiger partial charge in [-0.1, -0.05) is 19.8 Å². The van der Waals surface area contributed by atoms with Crippen molar-refractivity contribution in [1.29, 1.82) is 0 Å². The van der Waals surface area contributed by atoms with E-state index >= 15 is 0 Å². The van der Waals surface area contributed by atoms with Crippen LogP contribution >= 0.6 is 0 Å². The molecule has 2 heteroatoms. The van der Waals surface area contributed by atoms with Crippen LogP contribution in [0.1, 0.15) is 58.3 Å². The first-order chi connectivity index (χ1) is 7.66. The number of hydrogen-bond donors (Lipinski definition) is 0. The van der Waals surface area contributed by atoms with E-state index in [0.717, 1.165) is 25.7 Å². The predicted molar refractivity (Wildman–Crippen MR) is 64.3 cm³/mol. The third-order valence-electron chi connectivity index (χ3n) is 4.82. The molecule has 3 atom stereocenters. The van der Waals surface area contributed by atoms with Gasteiger partial charge in [-0.05, 0) is 38.0 Å². The predicted octanol–water partition coefficient (Wildman–Crippen LogP) is 3.34. The van der Waals surface area contributed by atoms with Crippen LogP contribution in [0.5, 0.6) is 0 Å². The molecular formula is C14H24O2. The van der Waals surface area contributed by atoms with Crippen LogP contribution in [-0.2, 0) is 9.53 Å². The van der Waals surface area contributed by atoms with Crippen molar-refractivity contribution in [3.63, 3.8) is 0 Å². The van der Waals surface area contributed by atoms with E-state index in [9.17, 15) is 4.79 Å². The number of carbonyl (C=O) groups is 1. The van der Waals surface area contributed by atoms with Gasteiger partial charge in [0.1, 0.15) is 5.78 Å². The van der Waals surface area contributed by atoms with Crippen molar-refractivity contribution in [2.24, 2.45) is 11.3 Å². The van der Waals surface area contributed by atoms with Gasteiger partial charge in [-0.3, -0.25) is 4.79 Å². The van der Waals surface area contributed by atoms with Gasteiger partial charge < -0.3 is 4.74 Å². The van der Waals surface area contributed by atoms with E-state index < -0.39 is 0 Å². The molecule has 2 nitrogen and oxygen atoms in total. The molecule has 0 aromatic carbocycles. The Kier molecular flexibility index (Phi) is 3.68. The maximum absolute atomic E-state index is 12.3. The molecule has 92 valence electrons. The summed E-state index contributed by atoms with van der Waals surface area (Å²) < 4.78 is 5.47. The highest BCUT2D eigenvalue weighted by Crippen LogP contribution is 2.47. The fourth-order valence-electron chi connectivity index (χ4n) is 3.59. The number of fused-ring (bicyclic) bond motifs is 1. The highest BCUT2D eigenvalue weighted by molar-refractivity contribution is 5.85. The first-order valence-electron chi connectivity index (χ1n) is 6.73. The maximum Gasteiger partial charge on any atom is 0.139 e. The van der Waals surface area contributed by atoms with Crippen LogP contribution in [0, 0.1) is 11.3 Å². The highest BCUT2D eigenvalue weighted by atomic mass is 16.5. The number of rotatable bonds is 1. The zero-order valence-corrected chi connectivity index (χ0v) is 10.6. The van der Waals surface area contributed by atoms with Crippen LogP contribution in [0.15, 0.2) is 0 Å². The first kappa shape index (κ1) is 12.1. The van der Waals surface area contributed by atoms with E-state index in [2.05, 4.69) is 6.92 Å². The molecule has 16 heavy (non-hydrogen) atoms. The molecule has 3 unspecified atom stereocenters. The Morgan fingerprint density at radius 1 is 1.19 bits per heavy atom. The highest BCUT2D eigenvalue weighted by Gasteiger charge is 2.45. The second-order valence-corrected chi connectivity index (χ2v) is 5.78. The molecular weight excluding hydrogens is 200 g/mol. The van der Waals surface area contributed by atoms with Gasteiger partial charge >= 0.3 is 0 Å². The average Bonchev–Trinajstić information content (AvgIpc) is 2.28. The van der Waals surface area contributed by atoms with Crippen molar-refractivity contribution < 1.29 is 9.53 Å². The van der Waals surface area contributed by atoms with Crippen LogP contribution < -0.4 is 0 Å². The van der Waals surface area contributed by atoms with Crippen molar-refractivity contribution in [3.8, 4) is 0 Å². The summed E-state index contributed by atoms with van der Waals surface area (Å²) in [5, 5.41) is 0. The summed E-state index contributed by atoms with van der Waals surface area (Å²) >= 11 is 0. The molecule has 0 aliphatic heterocycles. The number of hydrogen-bond acceptors (Lipinski definition) is 2. The summed E-state index contributed by atoms with van der Waals surface area (Å²) in [6.07, 6.45) is 9.28. The number of carbonyl (C=O) groups excluding carboxylic acids is 1. The molecule has 2 aliphatic carbocycles. The lowest BCUT2D eigenvalue weighted by molar-refractivity contribution is -0.138. The molecule has 2 fully saturated rings. The zero-order chi connectivity index (χ0) is 11.6. The SMILES string of the molecule is COC1CCC2CCCCCC(=O)C2(C)C1. The summed E-state index contributed by atoms with van der Waals surface area (Å²) in [4.78, 5) is 12.3. The van der Waals surface area contributed by atoms with E-state index in [0.29, 0.717) is 17.8 Å². The number of methoxy groups -OCH3 is 1. The van der Waals surface area contributed by atoms with Gasteiger partial charge in [-0.15, -0.1) is 0 Å². The summed E-state index contributed by atoms with van der Waals surface area (Å²) in [7, 11) is 1.78. The smallest absolute Gasteiger partial charge is 0.139 e. The lowest BCUT2D eigenvalue weighted by Crippen LogP contribution is -2.44. The van der Waals surface area contributed by atoms with E-state index in [1.54, 1.807) is 7.11 Å². The van der Waals surface area contributed by atoms with Gasteiger partial charge in [0.25, 0.3) is 0 Å². The summed E-state index contributed by atoms with van der Waals surface area (Å²) in [5.74, 6) is 1.12. The number of ether oxygens (including phenoxy) is 1. The van der Waals surface area contributed by atoms with Crippen LogP contribution in [0.4, 0.5) is 0 Å². The third-order valence-corrected chi connectivity index (χ3v) is 4.82. The molecule has 0 spiro atoms. The maximum atomic E-state index is 12.3. The van der Waals surface area contributed by atoms with Crippen LogP contribution in [0.2, 0.25) is 0 Å². The fraction of sp³-hybridized carbons (Fsp3) is 0.929. The first-order valence-corrected chi connectivity index (χ1v) is 6.73. The third kappa shape index (κ3) is 2.17. The molecule has 0 aromatic rings. The molecule has 0 aromatic heterocycles. The molecule has 0 amide bonds. The Morgan fingerprint density at radius 2 is 2.00 bits per heavy atom. The Bertz CT molecular complexity index is 261. The number of Topliss-reactive ketones (excluding diaryl/α,β-unsaturated/α-hetero) is 1. The Labute approximate surface area is 98.7 Å². The standard InChI is InChI=1S/C14H24O2/c1-14-10-12(16-2)9-8-11(14)6-4-3-5-7-13(14)15/h11-12H,3-10H2,1-2H3. The minimum atomic E-state index is -0.0840. The van der Waals surface area contributed by atoms with Crippen molar-refractivity contribution in [1.82, 2.24) is 0 Å². The Balaban J connectivity index is 2.15. The van der Waals surface area contributed by atoms with Gasteiger partial charge in [-0.25, -0.2) is 0 Å². The number of ketones is 1. The minimum absolute atomic E-state index is 0.0840. The molecule has 0 saturated heterocycles. The topological polar surface area (TPSA) is 26.3 Å². The van der Waals surface area contributed by atoms with Crippen molar-refractivity contribution in [2.75, 3.05) is 7.11 Å². The quantitative estimate of drug-likeness (QED) is 0.683. The van der Waals surface area contributed by atoms with E-state index in [1.165, 1.54) is 25.7 Å². The summed E-state index contributed by atoms with van der Waals surface area (Å²) in [5.41, 5.74) is -0.0840. The van der Waals surface area contributed by atoms with E-state index in [1.807, 2.05) is 0 Å². The van der Waals surface area contributed by atoms with E-state index in [-0.39, 0.29) is 5.41 Å². The van der Waals surface area contributed by atoms with Gasteiger partial charge in [0, 0.05) is 18.9 Å². The van der Waals surface area contributed by atoms with Gasteiger partial charge in [0.15, 0.2) is 0 Å². The van der Waals surface area contributed by atoms with Crippen LogP contribution in [-0.4, -0.2) is 19.0 Å². The van der Waals surface area contributed by atoms with Crippen molar-refractivity contribution in [2.45, 2.75) is 64.4 Å². The van der Waals surface area contributed by atoms with Crippen LogP contribution in [0.25, 0.3) is 0 Å². The molecule has 0 N–H and O–H groups in total. The zero-order valence-electron chi connectivity index (χ0n) is 10.6. The molecule has 2 saturated carbocycles. The van der Waals surface area contributed by atoms with Crippen molar-refractivity contribution >= 4 is 5.78 Å². The summed E-state index contributed by atoms with van der Waals surface area (Å²) in [6.45, 7) is 2.19. The van der Waals surface area contributed by atoms with Crippen LogP contribution in [0.3, 0.4) is 0 Å². The van der Waals surface area contributed by atoms with Gasteiger partial charge in [0.05, 0.1) is 6.10 Å². The molecule has 0 radical (unpaired) electrons. The second kappa shape index (κ2) is 4.87. The van der Waals surface area contributed by atoms with E-state index in [4.69, 9.17) is 4.74 Å². The molecule has 2 aliphatic rings. The Morgan fingerprint density at radius 3 is 2.75 bits per heavy atom. The lowest BCUT2D eigenvalue weighted by atomic mass is 9.61. The lowest BCUT2D eigenvalue weighted by Gasteiger charge is -2.44. The summed E-state index contributed by atoms with van der Waals surface area (Å²) in [6, 6.07) is 0. The molecule has 0 bridgehead atoms. The monoisotopic (exact) mass is 224 g/mol. The molecule has 2 rings (SSSR count). The second-order valence-electron chi connectivity index (χ2n) is 5.78. The average molecular weight is 224 g/mol. The van der Waals surface area contributed by atoms with Gasteiger partial charge in [-0.2, -0.15) is 0 Å². The minimum Gasteiger partial charge on any atom is -0.381 e. The fourth-order valence-corrected chi connectivity index (χ4v) is 3.59. The Hall–Kier alpha value is -0.370. The normalized spacial score (nSPS) is 41.0. The van der Waals surface area contributed by atoms with Crippen molar-refractivity contribution in [3.05, 3.63) is 0 Å². The molecule has 0 heterocycles. The van der Waals surface area contributed by atoms with Gasteiger partial charge in [0.2, 0.25) is 0 Å².